The van der Waals surface area contributed by atoms with Crippen LogP contribution in [0.4, 0.5) is 0 Å². The van der Waals surface area contributed by atoms with Crippen molar-refractivity contribution in [3.05, 3.63) is 59.5 Å². The van der Waals surface area contributed by atoms with Crippen LogP contribution in [-0.4, -0.2) is 11.9 Å². The first kappa shape index (κ1) is 10.9. The van der Waals surface area contributed by atoms with E-state index in [2.05, 4.69) is 22.9 Å². The lowest BCUT2D eigenvalue weighted by atomic mass is 10.1. The molecule has 0 fully saturated rings. The van der Waals surface area contributed by atoms with Crippen LogP contribution in [0.1, 0.15) is 11.1 Å². The molecule has 18 heavy (non-hydrogen) atoms. The molecule has 92 valence electrons. The summed E-state index contributed by atoms with van der Waals surface area (Å²) in [5.74, 6) is 0.123. The maximum atomic E-state index is 11.9. The lowest BCUT2D eigenvalue weighted by Crippen LogP contribution is -2.37. The van der Waals surface area contributed by atoms with Gasteiger partial charge < -0.3 is 10.2 Å². The Morgan fingerprint density at radius 1 is 1.28 bits per heavy atom. The summed E-state index contributed by atoms with van der Waals surface area (Å²) in [5, 5.41) is 2.99. The Balaban J connectivity index is 1.64. The van der Waals surface area contributed by atoms with Crippen molar-refractivity contribution in [3.63, 3.8) is 0 Å². The topological polar surface area (TPSA) is 50.4 Å². The summed E-state index contributed by atoms with van der Waals surface area (Å²) >= 11 is 0. The fraction of sp³-hybridized carbons (Fsp3) is 0.214. The lowest BCUT2D eigenvalue weighted by molar-refractivity contribution is -0.122. The first-order chi connectivity index (χ1) is 8.83. The highest BCUT2D eigenvalue weighted by Gasteiger charge is 2.24. The number of amides is 1. The summed E-state index contributed by atoms with van der Waals surface area (Å²) < 4.78 is 0. The van der Waals surface area contributed by atoms with E-state index in [4.69, 9.17) is 4.84 Å². The molecule has 1 aromatic carbocycles. The van der Waals surface area contributed by atoms with Crippen molar-refractivity contribution >= 4 is 5.91 Å². The number of carbonyl (C=O) groups is 1. The molecule has 0 radical (unpaired) electrons. The van der Waals surface area contributed by atoms with Crippen molar-refractivity contribution < 1.29 is 9.63 Å². The molecule has 1 aliphatic carbocycles. The van der Waals surface area contributed by atoms with Crippen LogP contribution in [0, 0.1) is 0 Å². The van der Waals surface area contributed by atoms with Crippen LogP contribution in [0.3, 0.4) is 0 Å². The number of hydrogen-bond donors (Lipinski definition) is 2. The Labute approximate surface area is 105 Å². The largest absolute Gasteiger partial charge is 0.377 e. The molecule has 0 aromatic heterocycles. The fourth-order valence-corrected chi connectivity index (χ4v) is 2.35. The Hall–Kier alpha value is -2.23. The van der Waals surface area contributed by atoms with Crippen LogP contribution in [0.5, 0.6) is 0 Å². The van der Waals surface area contributed by atoms with Crippen molar-refractivity contribution in [2.75, 3.05) is 0 Å². The van der Waals surface area contributed by atoms with Crippen molar-refractivity contribution in [3.8, 4) is 0 Å². The van der Waals surface area contributed by atoms with Gasteiger partial charge in [-0.25, -0.2) is 5.48 Å². The van der Waals surface area contributed by atoms with Crippen LogP contribution in [-0.2, 0) is 22.5 Å². The first-order valence-electron chi connectivity index (χ1n) is 6.00. The summed E-state index contributed by atoms with van der Waals surface area (Å²) in [6.45, 7) is 0. The average molecular weight is 242 g/mol. The molecule has 0 saturated heterocycles. The van der Waals surface area contributed by atoms with Crippen LogP contribution >= 0.6 is 0 Å². The second-order valence-electron chi connectivity index (χ2n) is 4.46. The molecule has 4 heteroatoms. The molecule has 0 saturated carbocycles. The number of rotatable bonds is 2. The highest BCUT2D eigenvalue weighted by Crippen LogP contribution is 2.21. The van der Waals surface area contributed by atoms with Gasteiger partial charge in [-0.3, -0.25) is 4.79 Å². The minimum absolute atomic E-state index is 0.158. The smallest absolute Gasteiger partial charge is 0.289 e. The van der Waals surface area contributed by atoms with Gasteiger partial charge >= 0.3 is 0 Å². The van der Waals surface area contributed by atoms with Crippen LogP contribution in [0.15, 0.2) is 48.4 Å². The molecule has 1 aromatic rings. The van der Waals surface area contributed by atoms with E-state index in [1.807, 2.05) is 12.1 Å². The number of fused-ring (bicyclic) bond motifs is 1. The lowest BCUT2D eigenvalue weighted by Gasteiger charge is -2.15. The molecular weight excluding hydrogens is 228 g/mol. The fourth-order valence-electron chi connectivity index (χ4n) is 2.35. The normalized spacial score (nSPS) is 17.4. The summed E-state index contributed by atoms with van der Waals surface area (Å²) in [7, 11) is 0. The summed E-state index contributed by atoms with van der Waals surface area (Å²) in [4.78, 5) is 17.0. The van der Waals surface area contributed by atoms with Crippen LogP contribution in [0.25, 0.3) is 0 Å². The Morgan fingerprint density at radius 2 is 2.00 bits per heavy atom. The Kier molecular flexibility index (Phi) is 2.76. The predicted octanol–water partition coefficient (Wildman–Crippen LogP) is 1.20. The van der Waals surface area contributed by atoms with Crippen molar-refractivity contribution in [2.24, 2.45) is 0 Å². The third kappa shape index (κ3) is 2.09. The molecule has 0 spiro atoms. The second kappa shape index (κ2) is 4.56. The second-order valence-corrected chi connectivity index (χ2v) is 4.46. The van der Waals surface area contributed by atoms with Crippen molar-refractivity contribution in [1.82, 2.24) is 10.8 Å². The molecule has 1 aliphatic heterocycles. The van der Waals surface area contributed by atoms with Gasteiger partial charge in [0.2, 0.25) is 5.76 Å². The van der Waals surface area contributed by atoms with E-state index < -0.39 is 0 Å². The number of benzene rings is 1. The zero-order valence-electron chi connectivity index (χ0n) is 9.85. The maximum absolute atomic E-state index is 11.9. The van der Waals surface area contributed by atoms with Gasteiger partial charge in [0, 0.05) is 12.2 Å². The molecule has 4 nitrogen and oxygen atoms in total. The van der Waals surface area contributed by atoms with E-state index in [0.29, 0.717) is 5.76 Å². The summed E-state index contributed by atoms with van der Waals surface area (Å²) in [6.07, 6.45) is 6.79. The summed E-state index contributed by atoms with van der Waals surface area (Å²) in [6, 6.07) is 8.45. The van der Waals surface area contributed by atoms with Gasteiger partial charge in [0.05, 0.1) is 0 Å². The van der Waals surface area contributed by atoms with E-state index in [-0.39, 0.29) is 11.9 Å². The van der Waals surface area contributed by atoms with E-state index in [1.165, 1.54) is 11.1 Å². The monoisotopic (exact) mass is 242 g/mol. The molecule has 0 atom stereocenters. The standard InChI is InChI=1S/C14H14N2O2/c17-14(13-6-3-7-15-18-13)16-12-8-10-4-1-2-5-11(10)9-12/h1-7,12,15H,8-9H2,(H,16,17). The van der Waals surface area contributed by atoms with Gasteiger partial charge in [-0.2, -0.15) is 0 Å². The van der Waals surface area contributed by atoms with Gasteiger partial charge in [-0.1, -0.05) is 24.3 Å². The van der Waals surface area contributed by atoms with E-state index in [1.54, 1.807) is 18.4 Å². The first-order valence-corrected chi connectivity index (χ1v) is 6.00. The number of hydroxylamine groups is 1. The average Bonchev–Trinajstić information content (AvgIpc) is 2.82. The molecule has 0 bridgehead atoms. The van der Waals surface area contributed by atoms with Crippen LogP contribution < -0.4 is 10.8 Å². The van der Waals surface area contributed by atoms with Gasteiger partial charge in [0.25, 0.3) is 5.91 Å². The number of hydrogen-bond acceptors (Lipinski definition) is 3. The molecular formula is C14H14N2O2. The van der Waals surface area contributed by atoms with Crippen molar-refractivity contribution in [1.29, 1.82) is 0 Å². The molecule has 3 rings (SSSR count). The van der Waals surface area contributed by atoms with Gasteiger partial charge in [-0.05, 0) is 36.1 Å². The molecule has 1 heterocycles. The molecule has 2 N–H and O–H groups in total. The maximum Gasteiger partial charge on any atom is 0.289 e. The molecule has 0 unspecified atom stereocenters. The molecule has 1 amide bonds. The number of nitrogens with one attached hydrogen (secondary N) is 2. The van der Waals surface area contributed by atoms with Gasteiger partial charge in [-0.15, -0.1) is 0 Å². The predicted molar refractivity (Wildman–Crippen MR) is 67.2 cm³/mol. The highest BCUT2D eigenvalue weighted by atomic mass is 16.7. The van der Waals surface area contributed by atoms with Crippen molar-refractivity contribution in [2.45, 2.75) is 18.9 Å². The third-order valence-corrected chi connectivity index (χ3v) is 3.19. The SMILES string of the molecule is O=C(NC1Cc2ccccc2C1)C1=CC=CNO1. The third-order valence-electron chi connectivity index (χ3n) is 3.19. The summed E-state index contributed by atoms with van der Waals surface area (Å²) in [5.41, 5.74) is 5.19. The van der Waals surface area contributed by atoms with E-state index in [0.717, 1.165) is 12.8 Å². The minimum atomic E-state index is -0.176. The molecule has 2 aliphatic rings. The highest BCUT2D eigenvalue weighted by molar-refractivity contribution is 5.92. The Bertz CT molecular complexity index is 509. The number of carbonyl (C=O) groups excluding carboxylic acids is 1. The number of allylic oxidation sites excluding steroid dienone is 2. The van der Waals surface area contributed by atoms with E-state index in [9.17, 15) is 4.79 Å². The van der Waals surface area contributed by atoms with Gasteiger partial charge in [0.15, 0.2) is 0 Å². The quantitative estimate of drug-likeness (QED) is 0.819. The minimum Gasteiger partial charge on any atom is -0.377 e. The zero-order valence-corrected chi connectivity index (χ0v) is 9.85. The Morgan fingerprint density at radius 3 is 2.61 bits per heavy atom. The van der Waals surface area contributed by atoms with Crippen LogP contribution in [0.2, 0.25) is 0 Å². The zero-order chi connectivity index (χ0) is 12.4. The van der Waals surface area contributed by atoms with Gasteiger partial charge in [0.1, 0.15) is 0 Å². The van der Waals surface area contributed by atoms with E-state index >= 15 is 0 Å².